The second-order valence-corrected chi connectivity index (χ2v) is 6.74. The van der Waals surface area contributed by atoms with Gasteiger partial charge in [0.05, 0.1) is 0 Å². The number of aliphatic hydroxyl groups excluding tert-OH is 1. The van der Waals surface area contributed by atoms with Crippen molar-refractivity contribution >= 4 is 0 Å². The topological polar surface area (TPSA) is 38.7 Å². The molecule has 3 nitrogen and oxygen atoms in total. The molecule has 0 spiro atoms. The minimum atomic E-state index is 0.850. The first-order valence-corrected chi connectivity index (χ1v) is 11.4. The van der Waals surface area contributed by atoms with Crippen molar-refractivity contribution in [2.75, 3.05) is 7.11 Å². The van der Waals surface area contributed by atoms with Crippen LogP contribution in [0.4, 0.5) is 0 Å². The molecule has 0 aliphatic carbocycles. The van der Waals surface area contributed by atoms with Gasteiger partial charge in [-0.3, -0.25) is 0 Å². The molecule has 3 rings (SSSR count). The summed E-state index contributed by atoms with van der Waals surface area (Å²) in [5.41, 5.74) is 6.05. The van der Waals surface area contributed by atoms with E-state index in [0.717, 1.165) is 49.4 Å². The molecule has 0 unspecified atom stereocenters. The molecular weight excluding hydrogens is 384 g/mol. The zero-order chi connectivity index (χ0) is 24.0. The zero-order valence-electron chi connectivity index (χ0n) is 21.1. The largest absolute Gasteiger partial charge is 0.453 e. The lowest BCUT2D eigenvalue weighted by molar-refractivity contribution is 0.358. The normalized spacial score (nSPS) is 13.6. The monoisotopic (exact) mass is 426 g/mol. The highest BCUT2D eigenvalue weighted by atomic mass is 16.5. The lowest BCUT2D eigenvalue weighted by Crippen LogP contribution is -2.14. The van der Waals surface area contributed by atoms with Gasteiger partial charge in [-0.05, 0) is 50.5 Å². The van der Waals surface area contributed by atoms with Crippen LogP contribution in [-0.2, 0) is 12.8 Å². The molecule has 0 aromatic heterocycles. The van der Waals surface area contributed by atoms with Crippen LogP contribution < -0.4 is 9.47 Å². The van der Waals surface area contributed by atoms with Crippen molar-refractivity contribution in [3.8, 4) is 11.5 Å². The molecule has 31 heavy (non-hydrogen) atoms. The van der Waals surface area contributed by atoms with Crippen LogP contribution in [0.15, 0.2) is 71.3 Å². The van der Waals surface area contributed by atoms with E-state index >= 15 is 0 Å². The van der Waals surface area contributed by atoms with Gasteiger partial charge in [0.15, 0.2) is 11.5 Å². The van der Waals surface area contributed by atoms with Crippen molar-refractivity contribution in [1.82, 2.24) is 0 Å². The Bertz CT molecular complexity index is 832. The van der Waals surface area contributed by atoms with Gasteiger partial charge in [-0.15, -0.1) is 0 Å². The van der Waals surface area contributed by atoms with Crippen LogP contribution >= 0.6 is 0 Å². The maximum Gasteiger partial charge on any atom is 0.173 e. The standard InChI is InChI=1S/C23H26O2.2C2H6.CH4O/c1-6-9-17-14-19-11-10-18-13-16(7-2)20(8-3)24-22(18)23(19)25-21(17)12-15(4)5;3*1-2/h6,8-12H,3,7,13-14H2,1-2,4-5H3;2*1-2H3;2H,1H3/b9-6-;;;. The SMILES string of the molecule is C=CC1=C(CC)Cc2ccc3c(c2O1)OC(C=C(C)C)=C(/C=C\C)C3.CC.CC.CO. The third-order valence-electron chi connectivity index (χ3n) is 4.55. The van der Waals surface area contributed by atoms with Crippen LogP contribution in [0, 0.1) is 0 Å². The van der Waals surface area contributed by atoms with Crippen LogP contribution in [0.25, 0.3) is 0 Å². The Morgan fingerprint density at radius 1 is 0.968 bits per heavy atom. The van der Waals surface area contributed by atoms with E-state index in [-0.39, 0.29) is 0 Å². The summed E-state index contributed by atoms with van der Waals surface area (Å²) >= 11 is 0. The van der Waals surface area contributed by atoms with Crippen LogP contribution in [0.1, 0.15) is 72.9 Å². The number of allylic oxidation sites excluding steroid dienone is 7. The third kappa shape index (κ3) is 7.29. The second-order valence-electron chi connectivity index (χ2n) is 6.74. The number of ether oxygens (including phenoxy) is 2. The molecule has 172 valence electrons. The molecule has 0 atom stereocenters. The highest BCUT2D eigenvalue weighted by Gasteiger charge is 2.27. The molecule has 2 aliphatic heterocycles. The summed E-state index contributed by atoms with van der Waals surface area (Å²) in [6.07, 6.45) is 10.8. The van der Waals surface area contributed by atoms with Crippen LogP contribution in [0.3, 0.4) is 0 Å². The molecule has 2 heterocycles. The fourth-order valence-electron chi connectivity index (χ4n) is 3.33. The smallest absolute Gasteiger partial charge is 0.173 e. The first-order chi connectivity index (χ1) is 15.1. The van der Waals surface area contributed by atoms with Crippen molar-refractivity contribution in [3.05, 3.63) is 82.4 Å². The maximum atomic E-state index is 7.00. The Hall–Kier alpha value is -2.52. The maximum absolute atomic E-state index is 7.00. The van der Waals surface area contributed by atoms with Gasteiger partial charge >= 0.3 is 0 Å². The minimum Gasteiger partial charge on any atom is -0.453 e. The van der Waals surface area contributed by atoms with E-state index in [1.807, 2.05) is 40.7 Å². The average Bonchev–Trinajstić information content (AvgIpc) is 2.82. The summed E-state index contributed by atoms with van der Waals surface area (Å²) in [7, 11) is 1.00. The van der Waals surface area contributed by atoms with E-state index in [1.165, 1.54) is 27.8 Å². The van der Waals surface area contributed by atoms with E-state index in [0.29, 0.717) is 0 Å². The third-order valence-corrected chi connectivity index (χ3v) is 4.55. The first-order valence-electron chi connectivity index (χ1n) is 11.4. The number of hydrogen-bond acceptors (Lipinski definition) is 3. The van der Waals surface area contributed by atoms with Crippen molar-refractivity contribution < 1.29 is 14.6 Å². The summed E-state index contributed by atoms with van der Waals surface area (Å²) in [6.45, 7) is 20.3. The van der Waals surface area contributed by atoms with Crippen molar-refractivity contribution in [2.24, 2.45) is 0 Å². The lowest BCUT2D eigenvalue weighted by Gasteiger charge is -2.28. The van der Waals surface area contributed by atoms with Crippen molar-refractivity contribution in [3.63, 3.8) is 0 Å². The number of rotatable bonds is 4. The molecule has 1 aromatic carbocycles. The number of aliphatic hydroxyl groups is 1. The van der Waals surface area contributed by atoms with Gasteiger partial charge in [0, 0.05) is 31.1 Å². The summed E-state index contributed by atoms with van der Waals surface area (Å²) < 4.78 is 12.5. The molecule has 0 fully saturated rings. The van der Waals surface area contributed by atoms with Gasteiger partial charge in [0.1, 0.15) is 11.5 Å². The van der Waals surface area contributed by atoms with E-state index in [2.05, 4.69) is 57.7 Å². The molecule has 0 saturated heterocycles. The molecule has 1 aromatic rings. The summed E-state index contributed by atoms with van der Waals surface area (Å²) in [5, 5.41) is 7.00. The van der Waals surface area contributed by atoms with Crippen LogP contribution in [0.5, 0.6) is 11.5 Å². The molecule has 0 radical (unpaired) electrons. The highest BCUT2D eigenvalue weighted by molar-refractivity contribution is 5.60. The minimum absolute atomic E-state index is 0.850. The van der Waals surface area contributed by atoms with E-state index in [1.54, 1.807) is 0 Å². The summed E-state index contributed by atoms with van der Waals surface area (Å²) in [5.74, 6) is 3.49. The molecule has 0 amide bonds. The van der Waals surface area contributed by atoms with Gasteiger partial charge in [-0.25, -0.2) is 0 Å². The van der Waals surface area contributed by atoms with E-state index < -0.39 is 0 Å². The van der Waals surface area contributed by atoms with E-state index in [9.17, 15) is 0 Å². The molecule has 2 aliphatic rings. The van der Waals surface area contributed by atoms with Crippen molar-refractivity contribution in [2.45, 2.75) is 74.7 Å². The fourth-order valence-corrected chi connectivity index (χ4v) is 3.33. The van der Waals surface area contributed by atoms with Gasteiger partial charge in [0.25, 0.3) is 0 Å². The Kier molecular flexibility index (Phi) is 14.1. The van der Waals surface area contributed by atoms with Gasteiger partial charge in [-0.1, -0.05) is 71.1 Å². The Morgan fingerprint density at radius 2 is 1.48 bits per heavy atom. The highest BCUT2D eigenvalue weighted by Crippen LogP contribution is 2.45. The molecule has 1 N–H and O–H groups in total. The molecular formula is C28H42O3. The predicted octanol–water partition coefficient (Wildman–Crippen LogP) is 7.86. The van der Waals surface area contributed by atoms with Crippen molar-refractivity contribution in [1.29, 1.82) is 0 Å². The fraction of sp³-hybridized carbons (Fsp3) is 0.429. The number of fused-ring (bicyclic) bond motifs is 3. The van der Waals surface area contributed by atoms with Gasteiger partial charge in [-0.2, -0.15) is 0 Å². The number of benzene rings is 1. The lowest BCUT2D eigenvalue weighted by atomic mass is 9.93. The van der Waals surface area contributed by atoms with Gasteiger partial charge in [0.2, 0.25) is 0 Å². The second kappa shape index (κ2) is 15.3. The van der Waals surface area contributed by atoms with Crippen LogP contribution in [0.2, 0.25) is 0 Å². The van der Waals surface area contributed by atoms with Crippen LogP contribution in [-0.4, -0.2) is 12.2 Å². The Morgan fingerprint density at radius 3 is 1.94 bits per heavy atom. The average molecular weight is 427 g/mol. The quantitative estimate of drug-likeness (QED) is 0.532. The summed E-state index contributed by atoms with van der Waals surface area (Å²) in [4.78, 5) is 0. The Balaban J connectivity index is 0.00000138. The summed E-state index contributed by atoms with van der Waals surface area (Å²) in [6, 6.07) is 4.35. The molecule has 0 saturated carbocycles. The first kappa shape index (κ1) is 28.5. The van der Waals surface area contributed by atoms with Gasteiger partial charge < -0.3 is 14.6 Å². The Labute approximate surface area is 190 Å². The number of hydrogen-bond donors (Lipinski definition) is 1. The predicted molar refractivity (Wildman–Crippen MR) is 135 cm³/mol. The molecule has 0 bridgehead atoms. The zero-order valence-corrected chi connectivity index (χ0v) is 21.1. The van der Waals surface area contributed by atoms with E-state index in [4.69, 9.17) is 14.6 Å². The molecule has 3 heteroatoms.